The van der Waals surface area contributed by atoms with Crippen LogP contribution in [0.3, 0.4) is 0 Å². The largest absolute Gasteiger partial charge is 0.325 e. The highest BCUT2D eigenvalue weighted by molar-refractivity contribution is 7.88. The second-order valence-electron chi connectivity index (χ2n) is 7.55. The standard InChI is InChI=1S/C20H33N3O3S/c1-4-16(2)17-8-10-18(11-9-17)22-20(24)15-23-14-6-5-7-19(23)12-13-21-27(3,25)26/h8-11,16,19,21H,4-7,12-15H2,1-3H3,(H,22,24). The van der Waals surface area contributed by atoms with Crippen molar-refractivity contribution in [3.63, 3.8) is 0 Å². The summed E-state index contributed by atoms with van der Waals surface area (Å²) in [7, 11) is -3.17. The molecule has 0 saturated carbocycles. The number of anilines is 1. The van der Waals surface area contributed by atoms with Crippen LogP contribution in [0, 0.1) is 0 Å². The molecule has 27 heavy (non-hydrogen) atoms. The van der Waals surface area contributed by atoms with Gasteiger partial charge in [0.2, 0.25) is 15.9 Å². The van der Waals surface area contributed by atoms with Gasteiger partial charge in [-0.3, -0.25) is 9.69 Å². The van der Waals surface area contributed by atoms with E-state index >= 15 is 0 Å². The summed E-state index contributed by atoms with van der Waals surface area (Å²) in [5.41, 5.74) is 2.10. The normalized spacial score (nSPS) is 19.6. The summed E-state index contributed by atoms with van der Waals surface area (Å²) in [4.78, 5) is 14.6. The van der Waals surface area contributed by atoms with E-state index in [1.807, 2.05) is 12.1 Å². The summed E-state index contributed by atoms with van der Waals surface area (Å²) < 4.78 is 25.0. The smallest absolute Gasteiger partial charge is 0.238 e. The Balaban J connectivity index is 1.86. The molecule has 7 heteroatoms. The van der Waals surface area contributed by atoms with Crippen molar-refractivity contribution in [2.45, 2.75) is 57.9 Å². The molecule has 1 aliphatic heterocycles. The maximum atomic E-state index is 12.5. The van der Waals surface area contributed by atoms with Gasteiger partial charge in [-0.25, -0.2) is 13.1 Å². The first-order chi connectivity index (χ1) is 12.8. The van der Waals surface area contributed by atoms with E-state index < -0.39 is 10.0 Å². The number of piperidine rings is 1. The first-order valence-electron chi connectivity index (χ1n) is 9.87. The van der Waals surface area contributed by atoms with Crippen LogP contribution in [0.5, 0.6) is 0 Å². The van der Waals surface area contributed by atoms with Crippen molar-refractivity contribution < 1.29 is 13.2 Å². The zero-order chi connectivity index (χ0) is 19.9. The number of carbonyl (C=O) groups excluding carboxylic acids is 1. The number of hydrogen-bond donors (Lipinski definition) is 2. The molecule has 152 valence electrons. The van der Waals surface area contributed by atoms with Gasteiger partial charge in [0.15, 0.2) is 0 Å². The van der Waals surface area contributed by atoms with Crippen molar-refractivity contribution in [1.82, 2.24) is 9.62 Å². The monoisotopic (exact) mass is 395 g/mol. The van der Waals surface area contributed by atoms with Gasteiger partial charge < -0.3 is 5.32 Å². The first kappa shape index (κ1) is 21.9. The Morgan fingerprint density at radius 1 is 1.26 bits per heavy atom. The van der Waals surface area contributed by atoms with Crippen molar-refractivity contribution in [1.29, 1.82) is 0 Å². The van der Waals surface area contributed by atoms with Crippen LogP contribution in [-0.4, -0.2) is 51.2 Å². The zero-order valence-corrected chi connectivity index (χ0v) is 17.5. The van der Waals surface area contributed by atoms with Gasteiger partial charge in [0.25, 0.3) is 0 Å². The Bertz CT molecular complexity index is 704. The van der Waals surface area contributed by atoms with E-state index in [1.54, 1.807) is 0 Å². The average Bonchev–Trinajstić information content (AvgIpc) is 2.62. The Labute approximate surface area is 163 Å². The number of nitrogens with zero attached hydrogens (tertiary/aromatic N) is 1. The molecule has 2 rings (SSSR count). The third-order valence-electron chi connectivity index (χ3n) is 5.31. The van der Waals surface area contributed by atoms with Crippen LogP contribution in [0.4, 0.5) is 5.69 Å². The van der Waals surface area contributed by atoms with Crippen LogP contribution >= 0.6 is 0 Å². The Hall–Kier alpha value is -1.44. The second kappa shape index (κ2) is 10.2. The van der Waals surface area contributed by atoms with Crippen LogP contribution < -0.4 is 10.0 Å². The van der Waals surface area contributed by atoms with Gasteiger partial charge in [0, 0.05) is 18.3 Å². The van der Waals surface area contributed by atoms with E-state index in [0.717, 1.165) is 44.3 Å². The molecule has 1 aliphatic rings. The van der Waals surface area contributed by atoms with Gasteiger partial charge in [-0.05, 0) is 55.8 Å². The molecule has 2 N–H and O–H groups in total. The number of nitrogens with one attached hydrogen (secondary N) is 2. The highest BCUT2D eigenvalue weighted by Gasteiger charge is 2.24. The molecule has 1 amide bonds. The Morgan fingerprint density at radius 3 is 2.59 bits per heavy atom. The SMILES string of the molecule is CCC(C)c1ccc(NC(=O)CN2CCCCC2CCNS(C)(=O)=O)cc1. The fourth-order valence-corrected chi connectivity index (χ4v) is 4.01. The first-order valence-corrected chi connectivity index (χ1v) is 11.8. The van der Waals surface area contributed by atoms with Gasteiger partial charge in [0.05, 0.1) is 12.8 Å². The molecule has 1 aromatic carbocycles. The summed E-state index contributed by atoms with van der Waals surface area (Å²) in [5, 5.41) is 2.98. The summed E-state index contributed by atoms with van der Waals surface area (Å²) in [6.07, 6.45) is 6.19. The van der Waals surface area contributed by atoms with Gasteiger partial charge in [0.1, 0.15) is 0 Å². The van der Waals surface area contributed by atoms with E-state index in [1.165, 1.54) is 11.8 Å². The predicted octanol–water partition coefficient (Wildman–Crippen LogP) is 2.93. The molecule has 2 unspecified atom stereocenters. The van der Waals surface area contributed by atoms with E-state index in [9.17, 15) is 13.2 Å². The van der Waals surface area contributed by atoms with Crippen molar-refractivity contribution >= 4 is 21.6 Å². The maximum Gasteiger partial charge on any atom is 0.238 e. The van der Waals surface area contributed by atoms with Crippen LogP contribution in [0.25, 0.3) is 0 Å². The average molecular weight is 396 g/mol. The summed E-state index contributed by atoms with van der Waals surface area (Å²) >= 11 is 0. The molecule has 0 aromatic heterocycles. The lowest BCUT2D eigenvalue weighted by Gasteiger charge is -2.35. The molecular formula is C20H33N3O3S. The summed E-state index contributed by atoms with van der Waals surface area (Å²) in [6, 6.07) is 8.31. The highest BCUT2D eigenvalue weighted by Crippen LogP contribution is 2.21. The van der Waals surface area contributed by atoms with Gasteiger partial charge >= 0.3 is 0 Å². The number of amides is 1. The second-order valence-corrected chi connectivity index (χ2v) is 9.39. The minimum atomic E-state index is -3.17. The molecule has 1 saturated heterocycles. The third kappa shape index (κ3) is 7.60. The fourth-order valence-electron chi connectivity index (χ4n) is 3.52. The number of likely N-dealkylation sites (tertiary alicyclic amines) is 1. The molecule has 2 atom stereocenters. The maximum absolute atomic E-state index is 12.5. The number of sulfonamides is 1. The van der Waals surface area contributed by atoms with E-state index in [2.05, 4.69) is 40.9 Å². The van der Waals surface area contributed by atoms with Crippen molar-refractivity contribution in [3.8, 4) is 0 Å². The highest BCUT2D eigenvalue weighted by atomic mass is 32.2. The number of rotatable bonds is 9. The molecule has 1 aromatic rings. The molecular weight excluding hydrogens is 362 g/mol. The quantitative estimate of drug-likeness (QED) is 0.674. The van der Waals surface area contributed by atoms with Crippen LogP contribution in [0.2, 0.25) is 0 Å². The third-order valence-corrected chi connectivity index (χ3v) is 6.04. The molecule has 6 nitrogen and oxygen atoms in total. The molecule has 0 radical (unpaired) electrons. The molecule has 1 fully saturated rings. The summed E-state index contributed by atoms with van der Waals surface area (Å²) in [6.45, 7) is 6.00. The van der Waals surface area contributed by atoms with Crippen LogP contribution in [-0.2, 0) is 14.8 Å². The fraction of sp³-hybridized carbons (Fsp3) is 0.650. The zero-order valence-electron chi connectivity index (χ0n) is 16.7. The number of carbonyl (C=O) groups is 1. The topological polar surface area (TPSA) is 78.5 Å². The van der Waals surface area contributed by atoms with Crippen LogP contribution in [0.15, 0.2) is 24.3 Å². The molecule has 0 bridgehead atoms. The van der Waals surface area contributed by atoms with Crippen molar-refractivity contribution in [3.05, 3.63) is 29.8 Å². The number of hydrogen-bond acceptors (Lipinski definition) is 4. The lowest BCUT2D eigenvalue weighted by Crippen LogP contribution is -2.45. The Morgan fingerprint density at radius 2 is 1.96 bits per heavy atom. The molecule has 0 spiro atoms. The van der Waals surface area contributed by atoms with Gasteiger partial charge in [-0.15, -0.1) is 0 Å². The van der Waals surface area contributed by atoms with Crippen LogP contribution in [0.1, 0.15) is 57.4 Å². The van der Waals surface area contributed by atoms with E-state index in [-0.39, 0.29) is 11.9 Å². The minimum absolute atomic E-state index is 0.0192. The van der Waals surface area contributed by atoms with Gasteiger partial charge in [-0.1, -0.05) is 32.4 Å². The Kier molecular flexibility index (Phi) is 8.26. The lowest BCUT2D eigenvalue weighted by atomic mass is 9.98. The van der Waals surface area contributed by atoms with E-state index in [4.69, 9.17) is 0 Å². The van der Waals surface area contributed by atoms with Gasteiger partial charge in [-0.2, -0.15) is 0 Å². The molecule has 1 heterocycles. The molecule has 0 aliphatic carbocycles. The summed E-state index contributed by atoms with van der Waals surface area (Å²) in [5.74, 6) is 0.499. The van der Waals surface area contributed by atoms with Crippen molar-refractivity contribution in [2.75, 3.05) is 31.2 Å². The number of benzene rings is 1. The predicted molar refractivity (Wildman–Crippen MR) is 110 cm³/mol. The minimum Gasteiger partial charge on any atom is -0.325 e. The lowest BCUT2D eigenvalue weighted by molar-refractivity contribution is -0.118. The van der Waals surface area contributed by atoms with Crippen molar-refractivity contribution in [2.24, 2.45) is 0 Å². The van der Waals surface area contributed by atoms with E-state index in [0.29, 0.717) is 19.0 Å².